The van der Waals surface area contributed by atoms with Gasteiger partial charge >= 0.3 is 0 Å². The summed E-state index contributed by atoms with van der Waals surface area (Å²) < 4.78 is 0. The second-order valence-electron chi connectivity index (χ2n) is 3.74. The molecule has 1 aromatic carbocycles. The summed E-state index contributed by atoms with van der Waals surface area (Å²) in [7, 11) is 2.20. The first kappa shape index (κ1) is 15.2. The van der Waals surface area contributed by atoms with E-state index in [1.165, 1.54) is 17.5 Å². The van der Waals surface area contributed by atoms with E-state index < -0.39 is 0 Å². The predicted octanol–water partition coefficient (Wildman–Crippen LogP) is 4.12. The maximum Gasteiger partial charge on any atom is 0.0236 e. The zero-order chi connectivity index (χ0) is 12.6. The van der Waals surface area contributed by atoms with E-state index in [9.17, 15) is 0 Å². The van der Waals surface area contributed by atoms with Gasteiger partial charge in [-0.25, -0.2) is 0 Å². The third kappa shape index (κ3) is 3.97. The van der Waals surface area contributed by atoms with Gasteiger partial charge in [-0.2, -0.15) is 0 Å². The number of rotatable bonds is 0. The molecule has 0 amide bonds. The van der Waals surface area contributed by atoms with Crippen LogP contribution in [0.1, 0.15) is 45.7 Å². The summed E-state index contributed by atoms with van der Waals surface area (Å²) in [6, 6.07) is 9.44. The molecule has 0 saturated heterocycles. The summed E-state index contributed by atoms with van der Waals surface area (Å²) in [5, 5.41) is 0. The zero-order valence-corrected chi connectivity index (χ0v) is 11.7. The highest BCUT2D eigenvalue weighted by Gasteiger charge is 2.18. The zero-order valence-electron chi connectivity index (χ0n) is 11.7. The minimum atomic E-state index is 0.694. The molecule has 0 aliphatic carbocycles. The predicted molar refractivity (Wildman–Crippen MR) is 73.8 cm³/mol. The van der Waals surface area contributed by atoms with Crippen molar-refractivity contribution in [3.05, 3.63) is 35.4 Å². The van der Waals surface area contributed by atoms with Crippen molar-refractivity contribution in [1.82, 2.24) is 4.90 Å². The molecule has 1 aliphatic heterocycles. The molecule has 1 aromatic rings. The Morgan fingerprint density at radius 1 is 1.00 bits per heavy atom. The van der Waals surface area contributed by atoms with Gasteiger partial charge in [-0.3, -0.25) is 4.90 Å². The molecule has 2 rings (SSSR count). The van der Waals surface area contributed by atoms with Gasteiger partial charge in [0.25, 0.3) is 0 Å². The monoisotopic (exact) mass is 221 g/mol. The Hall–Kier alpha value is -0.820. The number of nitrogens with zero attached hydrogens (tertiary/aromatic N) is 1. The summed E-state index contributed by atoms with van der Waals surface area (Å²) in [5.41, 5.74) is 3.03. The van der Waals surface area contributed by atoms with Gasteiger partial charge in [0.1, 0.15) is 0 Å². The summed E-state index contributed by atoms with van der Waals surface area (Å²) in [6.07, 6.45) is 1.20. The highest BCUT2D eigenvalue weighted by atomic mass is 15.1. The molecular weight excluding hydrogens is 194 g/mol. The van der Waals surface area contributed by atoms with Crippen LogP contribution >= 0.6 is 0 Å². The normalized spacial score (nSPS) is 18.5. The van der Waals surface area contributed by atoms with Crippen LogP contribution in [0.2, 0.25) is 0 Å². The molecule has 92 valence electrons. The van der Waals surface area contributed by atoms with Gasteiger partial charge in [-0.05, 0) is 31.5 Å². The van der Waals surface area contributed by atoms with Crippen molar-refractivity contribution < 1.29 is 0 Å². The highest BCUT2D eigenvalue weighted by molar-refractivity contribution is 5.29. The lowest BCUT2D eigenvalue weighted by Gasteiger charge is -2.31. The summed E-state index contributed by atoms with van der Waals surface area (Å²) in [5.74, 6) is 0. The summed E-state index contributed by atoms with van der Waals surface area (Å²) >= 11 is 0. The van der Waals surface area contributed by atoms with Crippen LogP contribution in [0.5, 0.6) is 0 Å². The average molecular weight is 221 g/mol. The number of benzene rings is 1. The van der Waals surface area contributed by atoms with Gasteiger partial charge in [-0.15, -0.1) is 0 Å². The third-order valence-corrected chi connectivity index (χ3v) is 2.81. The van der Waals surface area contributed by atoms with Crippen LogP contribution in [0.15, 0.2) is 24.3 Å². The molecule has 0 aromatic heterocycles. The molecule has 1 nitrogen and oxygen atoms in total. The molecule has 0 bridgehead atoms. The van der Waals surface area contributed by atoms with Gasteiger partial charge in [0.15, 0.2) is 0 Å². The lowest BCUT2D eigenvalue weighted by Crippen LogP contribution is -2.34. The topological polar surface area (TPSA) is 3.24 Å². The highest BCUT2D eigenvalue weighted by Crippen LogP contribution is 2.20. The molecule has 1 unspecified atom stereocenters. The standard InChI is InChI=1S/C11H15N.2C2H6/c1-9-7-10-5-3-4-6-11(10)8-12(9)2;2*1-2/h3-6,9H,7-8H2,1-2H3;2*1-2H3. The fourth-order valence-electron chi connectivity index (χ4n) is 1.81. The van der Waals surface area contributed by atoms with Crippen molar-refractivity contribution in [2.75, 3.05) is 7.05 Å². The fourth-order valence-corrected chi connectivity index (χ4v) is 1.81. The molecule has 0 fully saturated rings. The van der Waals surface area contributed by atoms with Crippen LogP contribution in [-0.4, -0.2) is 18.0 Å². The molecular formula is C15H27N. The van der Waals surface area contributed by atoms with Crippen LogP contribution in [0.4, 0.5) is 0 Å². The van der Waals surface area contributed by atoms with Crippen LogP contribution in [0, 0.1) is 0 Å². The van der Waals surface area contributed by atoms with Crippen LogP contribution < -0.4 is 0 Å². The molecule has 0 spiro atoms. The molecule has 0 saturated carbocycles. The van der Waals surface area contributed by atoms with Gasteiger partial charge in [0, 0.05) is 12.6 Å². The van der Waals surface area contributed by atoms with Crippen molar-refractivity contribution in [3.63, 3.8) is 0 Å². The molecule has 1 heteroatoms. The van der Waals surface area contributed by atoms with E-state index in [1.54, 1.807) is 0 Å². The lowest BCUT2D eigenvalue weighted by atomic mass is 9.96. The second kappa shape index (κ2) is 8.35. The van der Waals surface area contributed by atoms with Crippen LogP contribution in [-0.2, 0) is 13.0 Å². The number of likely N-dealkylation sites (N-methyl/N-ethyl adjacent to an activating group) is 1. The fraction of sp³-hybridized carbons (Fsp3) is 0.600. The SMILES string of the molecule is CC.CC.CC1Cc2ccccc2CN1C. The van der Waals surface area contributed by atoms with Crippen molar-refractivity contribution in [1.29, 1.82) is 0 Å². The van der Waals surface area contributed by atoms with Gasteiger partial charge in [0.05, 0.1) is 0 Å². The number of hydrogen-bond donors (Lipinski definition) is 0. The Morgan fingerprint density at radius 2 is 1.50 bits per heavy atom. The lowest BCUT2D eigenvalue weighted by molar-refractivity contribution is 0.231. The molecule has 1 atom stereocenters. The largest absolute Gasteiger partial charge is 0.299 e. The Bertz CT molecular complexity index is 252. The van der Waals surface area contributed by atoms with Gasteiger partial charge in [-0.1, -0.05) is 52.0 Å². The van der Waals surface area contributed by atoms with E-state index in [1.807, 2.05) is 27.7 Å². The molecule has 0 N–H and O–H groups in total. The van der Waals surface area contributed by atoms with Crippen LogP contribution in [0.3, 0.4) is 0 Å². The van der Waals surface area contributed by atoms with Crippen molar-refractivity contribution >= 4 is 0 Å². The number of hydrogen-bond acceptors (Lipinski definition) is 1. The number of fused-ring (bicyclic) bond motifs is 1. The van der Waals surface area contributed by atoms with E-state index >= 15 is 0 Å². The quantitative estimate of drug-likeness (QED) is 0.637. The third-order valence-electron chi connectivity index (χ3n) is 2.81. The van der Waals surface area contributed by atoms with E-state index in [0.717, 1.165) is 6.54 Å². The first-order valence-corrected chi connectivity index (χ1v) is 6.54. The molecule has 16 heavy (non-hydrogen) atoms. The van der Waals surface area contributed by atoms with Crippen molar-refractivity contribution in [3.8, 4) is 0 Å². The Kier molecular flexibility index (Phi) is 7.92. The molecule has 1 heterocycles. The first-order chi connectivity index (χ1) is 7.77. The maximum absolute atomic E-state index is 2.41. The molecule has 1 aliphatic rings. The minimum absolute atomic E-state index is 0.694. The van der Waals surface area contributed by atoms with Crippen molar-refractivity contribution in [2.45, 2.75) is 53.6 Å². The maximum atomic E-state index is 2.41. The van der Waals surface area contributed by atoms with Crippen LogP contribution in [0.25, 0.3) is 0 Å². The van der Waals surface area contributed by atoms with E-state index in [-0.39, 0.29) is 0 Å². The van der Waals surface area contributed by atoms with E-state index in [2.05, 4.69) is 43.1 Å². The summed E-state index contributed by atoms with van der Waals surface area (Å²) in [4.78, 5) is 2.41. The Labute approximate surface area is 101 Å². The van der Waals surface area contributed by atoms with Crippen molar-refractivity contribution in [2.24, 2.45) is 0 Å². The van der Waals surface area contributed by atoms with E-state index in [0.29, 0.717) is 6.04 Å². The molecule has 0 radical (unpaired) electrons. The summed E-state index contributed by atoms with van der Waals surface area (Å²) in [6.45, 7) is 11.4. The first-order valence-electron chi connectivity index (χ1n) is 6.54. The Balaban J connectivity index is 0.000000509. The average Bonchev–Trinajstić information content (AvgIpc) is 2.36. The van der Waals surface area contributed by atoms with Gasteiger partial charge in [0.2, 0.25) is 0 Å². The smallest absolute Gasteiger partial charge is 0.0236 e. The minimum Gasteiger partial charge on any atom is -0.299 e. The van der Waals surface area contributed by atoms with Gasteiger partial charge < -0.3 is 0 Å². The van der Waals surface area contributed by atoms with E-state index in [4.69, 9.17) is 0 Å². The Morgan fingerprint density at radius 3 is 2.06 bits per heavy atom. The second-order valence-corrected chi connectivity index (χ2v) is 3.74.